The summed E-state index contributed by atoms with van der Waals surface area (Å²) in [5.41, 5.74) is 6.86. The summed E-state index contributed by atoms with van der Waals surface area (Å²) in [4.78, 5) is 14.9. The van der Waals surface area contributed by atoms with E-state index in [2.05, 4.69) is 110 Å². The van der Waals surface area contributed by atoms with Gasteiger partial charge in [-0.1, -0.05) is 180 Å². The van der Waals surface area contributed by atoms with E-state index in [9.17, 15) is 0 Å². The van der Waals surface area contributed by atoms with Gasteiger partial charge in [-0.25, -0.2) is 0 Å². The van der Waals surface area contributed by atoms with Crippen LogP contribution in [0.1, 0.15) is 193 Å². The lowest BCUT2D eigenvalue weighted by atomic mass is 10.1. The van der Waals surface area contributed by atoms with Crippen LogP contribution in [-0.4, -0.2) is 38.6 Å². The second-order valence-corrected chi connectivity index (χ2v) is 16.3. The molecular weight excluding hydrogens is 681 g/mol. The molecule has 0 aliphatic carbocycles. The van der Waals surface area contributed by atoms with Gasteiger partial charge in [-0.2, -0.15) is 0 Å². The van der Waals surface area contributed by atoms with Crippen molar-refractivity contribution in [3.8, 4) is 0 Å². The van der Waals surface area contributed by atoms with Crippen molar-refractivity contribution in [3.05, 3.63) is 83.9 Å². The summed E-state index contributed by atoms with van der Waals surface area (Å²) in [7, 11) is 0. The Kier molecular flexibility index (Phi) is 26.6. The van der Waals surface area contributed by atoms with Crippen LogP contribution in [0, 0.1) is 0 Å². The molecule has 0 N–H and O–H groups in total. The molecule has 0 aliphatic rings. The molecule has 0 amide bonds. The van der Waals surface area contributed by atoms with Crippen molar-refractivity contribution in [2.75, 3.05) is 36.0 Å². The lowest BCUT2D eigenvalue weighted by Gasteiger charge is -2.25. The first-order valence-electron chi connectivity index (χ1n) is 23.5. The molecule has 3 rings (SSSR count). The summed E-state index contributed by atoms with van der Waals surface area (Å²) in [6.45, 7) is 13.8. The average Bonchev–Trinajstić information content (AvgIpc) is 3.23. The zero-order chi connectivity index (χ0) is 39.7. The lowest BCUT2D eigenvalue weighted by molar-refractivity contribution is 0.575. The zero-order valence-corrected chi connectivity index (χ0v) is 36.7. The van der Waals surface area contributed by atoms with E-state index < -0.39 is 0 Å². The van der Waals surface area contributed by atoms with Gasteiger partial charge in [-0.15, -0.1) is 0 Å². The van der Waals surface area contributed by atoms with Crippen LogP contribution in [-0.2, 0) is 0 Å². The summed E-state index contributed by atoms with van der Waals surface area (Å²) in [6.07, 6.45) is 36.1. The molecule has 0 aliphatic heterocycles. The van der Waals surface area contributed by atoms with Gasteiger partial charge in [0.2, 0.25) is 0 Å². The maximum atomic E-state index is 4.82. The molecule has 4 nitrogen and oxygen atoms in total. The van der Waals surface area contributed by atoms with Crippen LogP contribution in [0.15, 0.2) is 82.8 Å². The second-order valence-electron chi connectivity index (χ2n) is 16.3. The normalized spacial score (nSPS) is 11.6. The first kappa shape index (κ1) is 47.0. The molecule has 0 unspecified atom stereocenters. The van der Waals surface area contributed by atoms with E-state index in [0.717, 1.165) is 48.7 Å². The van der Waals surface area contributed by atoms with E-state index in [1.165, 1.54) is 165 Å². The number of rotatable bonds is 34. The molecular formula is C52H82N4. The van der Waals surface area contributed by atoms with E-state index in [-0.39, 0.29) is 0 Å². The van der Waals surface area contributed by atoms with Crippen LogP contribution in [0.2, 0.25) is 0 Å². The van der Waals surface area contributed by atoms with Gasteiger partial charge < -0.3 is 9.80 Å². The van der Waals surface area contributed by atoms with Gasteiger partial charge in [-0.05, 0) is 85.3 Å². The fraction of sp³-hybridized carbons (Fsp3) is 0.615. The molecule has 4 heteroatoms. The standard InChI is InChI=1S/C52H82N4/c1-5-9-13-17-21-25-41-55(42-26-22-18-14-10-6-2)51-37-33-49(34-38-51)53-45-47-29-31-48(32-30-47)46-54-50-35-39-52(40-36-50)56(43-27-23-19-15-11-7-3)44-28-24-20-16-12-8-4/h29-40,45-46H,5-28,41-44H2,1-4H3. The van der Waals surface area contributed by atoms with Crippen LogP contribution in [0.5, 0.6) is 0 Å². The summed E-state index contributed by atoms with van der Waals surface area (Å²) >= 11 is 0. The summed E-state index contributed by atoms with van der Waals surface area (Å²) in [5.74, 6) is 0. The molecule has 0 spiro atoms. The highest BCUT2D eigenvalue weighted by atomic mass is 15.1. The molecule has 0 fully saturated rings. The molecule has 0 saturated carbocycles. The molecule has 0 saturated heterocycles. The quantitative estimate of drug-likeness (QED) is 0.0448. The molecule has 0 aromatic heterocycles. The van der Waals surface area contributed by atoms with Crippen molar-refractivity contribution < 1.29 is 0 Å². The maximum absolute atomic E-state index is 4.82. The lowest BCUT2D eigenvalue weighted by Crippen LogP contribution is -2.25. The minimum absolute atomic E-state index is 0.999. The number of aliphatic imine (C=N–C) groups is 2. The molecule has 3 aromatic rings. The average molecular weight is 763 g/mol. The molecule has 3 aromatic carbocycles. The molecule has 0 heterocycles. The highest BCUT2D eigenvalue weighted by Gasteiger charge is 2.08. The Labute approximate surface area is 345 Å². The van der Waals surface area contributed by atoms with E-state index in [1.54, 1.807) is 0 Å². The Bertz CT molecular complexity index is 1250. The number of nitrogens with zero attached hydrogens (tertiary/aromatic N) is 4. The number of unbranched alkanes of at least 4 members (excludes halogenated alkanes) is 20. The Morgan fingerprint density at radius 3 is 0.839 bits per heavy atom. The molecule has 0 bridgehead atoms. The number of anilines is 2. The largest absolute Gasteiger partial charge is 0.372 e. The molecule has 0 atom stereocenters. The number of hydrogen-bond acceptors (Lipinski definition) is 4. The van der Waals surface area contributed by atoms with Crippen LogP contribution >= 0.6 is 0 Å². The summed E-state index contributed by atoms with van der Waals surface area (Å²) in [5, 5.41) is 0. The summed E-state index contributed by atoms with van der Waals surface area (Å²) in [6, 6.07) is 26.3. The molecule has 0 radical (unpaired) electrons. The van der Waals surface area contributed by atoms with E-state index in [0.29, 0.717) is 0 Å². The van der Waals surface area contributed by atoms with Gasteiger partial charge in [0.05, 0.1) is 11.4 Å². The van der Waals surface area contributed by atoms with Gasteiger partial charge >= 0.3 is 0 Å². The van der Waals surface area contributed by atoms with E-state index in [4.69, 9.17) is 9.98 Å². The number of hydrogen-bond donors (Lipinski definition) is 0. The molecule has 310 valence electrons. The minimum Gasteiger partial charge on any atom is -0.372 e. The predicted octanol–water partition coefficient (Wildman–Crippen LogP) is 16.2. The third kappa shape index (κ3) is 21.2. The van der Waals surface area contributed by atoms with Crippen LogP contribution in [0.25, 0.3) is 0 Å². The van der Waals surface area contributed by atoms with E-state index >= 15 is 0 Å². The fourth-order valence-electron chi connectivity index (χ4n) is 7.54. The van der Waals surface area contributed by atoms with Crippen LogP contribution in [0.3, 0.4) is 0 Å². The second kappa shape index (κ2) is 31.7. The van der Waals surface area contributed by atoms with E-state index in [1.807, 2.05) is 12.4 Å². The first-order chi connectivity index (χ1) is 27.7. The topological polar surface area (TPSA) is 31.2 Å². The first-order valence-corrected chi connectivity index (χ1v) is 23.5. The predicted molar refractivity (Wildman–Crippen MR) is 252 cm³/mol. The molecule has 56 heavy (non-hydrogen) atoms. The van der Waals surface area contributed by atoms with Gasteiger partial charge in [0.15, 0.2) is 0 Å². The smallest absolute Gasteiger partial charge is 0.0631 e. The van der Waals surface area contributed by atoms with Crippen molar-refractivity contribution in [2.24, 2.45) is 9.98 Å². The van der Waals surface area contributed by atoms with Gasteiger partial charge in [0.1, 0.15) is 0 Å². The van der Waals surface area contributed by atoms with Crippen molar-refractivity contribution in [1.29, 1.82) is 0 Å². The van der Waals surface area contributed by atoms with Crippen LogP contribution in [0.4, 0.5) is 22.7 Å². The van der Waals surface area contributed by atoms with Crippen LogP contribution < -0.4 is 9.80 Å². The Balaban J connectivity index is 1.52. The Hall–Kier alpha value is -3.40. The van der Waals surface area contributed by atoms with Crippen molar-refractivity contribution in [2.45, 2.75) is 182 Å². The monoisotopic (exact) mass is 763 g/mol. The van der Waals surface area contributed by atoms with Crippen molar-refractivity contribution in [1.82, 2.24) is 0 Å². The Morgan fingerprint density at radius 1 is 0.321 bits per heavy atom. The van der Waals surface area contributed by atoms with Gasteiger partial charge in [-0.3, -0.25) is 9.98 Å². The minimum atomic E-state index is 0.999. The summed E-state index contributed by atoms with van der Waals surface area (Å²) < 4.78 is 0. The highest BCUT2D eigenvalue weighted by molar-refractivity contribution is 5.86. The highest BCUT2D eigenvalue weighted by Crippen LogP contribution is 2.24. The van der Waals surface area contributed by atoms with Crippen molar-refractivity contribution >= 4 is 35.2 Å². The van der Waals surface area contributed by atoms with Crippen molar-refractivity contribution in [3.63, 3.8) is 0 Å². The third-order valence-electron chi connectivity index (χ3n) is 11.2. The maximum Gasteiger partial charge on any atom is 0.0631 e. The van der Waals surface area contributed by atoms with Gasteiger partial charge in [0, 0.05) is 50.0 Å². The Morgan fingerprint density at radius 2 is 0.571 bits per heavy atom. The third-order valence-corrected chi connectivity index (χ3v) is 11.2. The fourth-order valence-corrected chi connectivity index (χ4v) is 7.54. The zero-order valence-electron chi connectivity index (χ0n) is 36.7. The SMILES string of the molecule is CCCCCCCCN(CCCCCCCC)c1ccc(N=Cc2ccc(C=Nc3ccc(N(CCCCCCCC)CCCCCCCC)cc3)cc2)cc1. The van der Waals surface area contributed by atoms with Gasteiger partial charge in [0.25, 0.3) is 0 Å². The number of benzene rings is 3.